The summed E-state index contributed by atoms with van der Waals surface area (Å²) in [6, 6.07) is 5.67. The van der Waals surface area contributed by atoms with Crippen LogP contribution < -0.4 is 10.9 Å². The van der Waals surface area contributed by atoms with Crippen LogP contribution in [0.25, 0.3) is 0 Å². The number of amides is 2. The molecule has 0 unspecified atom stereocenters. The van der Waals surface area contributed by atoms with Crippen LogP contribution in [0.4, 0.5) is 8.78 Å². The molecule has 132 valence electrons. The molecule has 2 aromatic carbocycles. The summed E-state index contributed by atoms with van der Waals surface area (Å²) in [6.07, 6.45) is 0.240. The molecule has 2 amide bonds. The zero-order chi connectivity index (χ0) is 18.6. The number of phenols is 1. The number of hydrogen-bond donors (Lipinski definition) is 3. The summed E-state index contributed by atoms with van der Waals surface area (Å²) in [5.41, 5.74) is 6.21. The minimum atomic E-state index is -0.779. The van der Waals surface area contributed by atoms with E-state index in [1.807, 2.05) is 6.92 Å². The number of carbonyl (C=O) groups excluding carboxylic acids is 2. The first-order chi connectivity index (χ1) is 11.8. The summed E-state index contributed by atoms with van der Waals surface area (Å²) in [7, 11) is 0. The Labute approximate surface area is 143 Å². The van der Waals surface area contributed by atoms with Gasteiger partial charge >= 0.3 is 0 Å². The van der Waals surface area contributed by atoms with Crippen LogP contribution in [-0.4, -0.2) is 16.9 Å². The van der Waals surface area contributed by atoms with Crippen LogP contribution >= 0.6 is 0 Å². The second kappa shape index (κ2) is 7.74. The second-order valence-corrected chi connectivity index (χ2v) is 5.55. The summed E-state index contributed by atoms with van der Waals surface area (Å²) >= 11 is 0. The molecule has 0 aromatic heterocycles. The maximum Gasteiger partial charge on any atom is 0.269 e. The maximum atomic E-state index is 13.1. The summed E-state index contributed by atoms with van der Waals surface area (Å²) < 4.78 is 26.2. The number of hydrazine groups is 1. The Hall–Kier alpha value is -2.96. The molecule has 0 saturated heterocycles. The minimum absolute atomic E-state index is 0.0885. The molecule has 7 heteroatoms. The number of benzene rings is 2. The van der Waals surface area contributed by atoms with E-state index in [4.69, 9.17) is 0 Å². The van der Waals surface area contributed by atoms with E-state index in [0.29, 0.717) is 29.2 Å². The summed E-state index contributed by atoms with van der Waals surface area (Å²) in [6.45, 7) is 3.54. The average molecular weight is 348 g/mol. The van der Waals surface area contributed by atoms with E-state index in [9.17, 15) is 23.5 Å². The zero-order valence-corrected chi connectivity index (χ0v) is 13.8. The van der Waals surface area contributed by atoms with Gasteiger partial charge in [0.05, 0.1) is 6.42 Å². The fraction of sp³-hybridized carbons (Fsp3) is 0.222. The molecular formula is C18H18F2N2O3. The van der Waals surface area contributed by atoms with Crippen molar-refractivity contribution in [2.24, 2.45) is 0 Å². The highest BCUT2D eigenvalue weighted by Gasteiger charge is 2.15. The van der Waals surface area contributed by atoms with Gasteiger partial charge in [-0.05, 0) is 54.3 Å². The number of hydrogen-bond acceptors (Lipinski definition) is 3. The first kappa shape index (κ1) is 18.4. The summed E-state index contributed by atoms with van der Waals surface area (Å²) in [5, 5.41) is 9.70. The molecular weight excluding hydrogens is 330 g/mol. The molecule has 0 saturated carbocycles. The molecule has 0 aliphatic carbocycles. The van der Waals surface area contributed by atoms with Crippen molar-refractivity contribution >= 4 is 11.8 Å². The second-order valence-electron chi connectivity index (χ2n) is 5.55. The molecule has 0 heterocycles. The van der Waals surface area contributed by atoms with Gasteiger partial charge in [0.25, 0.3) is 5.91 Å². The van der Waals surface area contributed by atoms with Crippen LogP contribution in [0.5, 0.6) is 5.75 Å². The highest BCUT2D eigenvalue weighted by Crippen LogP contribution is 2.24. The number of aromatic hydroxyl groups is 1. The van der Waals surface area contributed by atoms with Crippen molar-refractivity contribution in [3.63, 3.8) is 0 Å². The molecule has 2 aromatic rings. The third kappa shape index (κ3) is 4.53. The molecule has 0 aliphatic rings. The third-order valence-electron chi connectivity index (χ3n) is 3.77. The zero-order valence-electron chi connectivity index (χ0n) is 13.8. The number of halogens is 2. The molecule has 0 spiro atoms. The van der Waals surface area contributed by atoms with Crippen LogP contribution in [0.1, 0.15) is 34.0 Å². The average Bonchev–Trinajstić information content (AvgIpc) is 2.54. The van der Waals surface area contributed by atoms with E-state index >= 15 is 0 Å². The quantitative estimate of drug-likeness (QED) is 0.743. The van der Waals surface area contributed by atoms with Gasteiger partial charge in [-0.1, -0.05) is 6.92 Å². The van der Waals surface area contributed by atoms with Gasteiger partial charge in [-0.3, -0.25) is 20.4 Å². The lowest BCUT2D eigenvalue weighted by Crippen LogP contribution is -2.42. The van der Waals surface area contributed by atoms with Crippen molar-refractivity contribution in [1.82, 2.24) is 10.9 Å². The topological polar surface area (TPSA) is 78.4 Å². The van der Waals surface area contributed by atoms with Gasteiger partial charge in [0, 0.05) is 11.6 Å². The smallest absolute Gasteiger partial charge is 0.269 e. The molecule has 0 aliphatic heterocycles. The van der Waals surface area contributed by atoms with Crippen molar-refractivity contribution in [2.45, 2.75) is 26.7 Å². The summed E-state index contributed by atoms with van der Waals surface area (Å²) in [4.78, 5) is 24.1. The number of nitrogens with one attached hydrogen (secondary N) is 2. The largest absolute Gasteiger partial charge is 0.508 e. The van der Waals surface area contributed by atoms with Crippen molar-refractivity contribution < 1.29 is 23.5 Å². The van der Waals surface area contributed by atoms with E-state index < -0.39 is 23.4 Å². The molecule has 25 heavy (non-hydrogen) atoms. The van der Waals surface area contributed by atoms with E-state index in [2.05, 4.69) is 10.9 Å². The van der Waals surface area contributed by atoms with E-state index in [1.165, 1.54) is 12.1 Å². The van der Waals surface area contributed by atoms with Gasteiger partial charge < -0.3 is 5.11 Å². The minimum Gasteiger partial charge on any atom is -0.508 e. The third-order valence-corrected chi connectivity index (χ3v) is 3.77. The van der Waals surface area contributed by atoms with Gasteiger partial charge in [-0.25, -0.2) is 8.78 Å². The molecule has 0 fully saturated rings. The van der Waals surface area contributed by atoms with Crippen LogP contribution in [0, 0.1) is 18.6 Å². The van der Waals surface area contributed by atoms with Crippen LogP contribution in [-0.2, 0) is 17.6 Å². The van der Waals surface area contributed by atoms with Crippen LogP contribution in [0.3, 0.4) is 0 Å². The van der Waals surface area contributed by atoms with E-state index in [-0.39, 0.29) is 17.7 Å². The SMILES string of the molecule is CCc1c(C(=O)NNC(=O)Cc2cc(F)cc(F)c2)ccc(O)c1C. The van der Waals surface area contributed by atoms with E-state index in [0.717, 1.165) is 12.1 Å². The van der Waals surface area contributed by atoms with Crippen LogP contribution in [0.2, 0.25) is 0 Å². The molecule has 2 rings (SSSR count). The predicted octanol–water partition coefficient (Wildman–Crippen LogP) is 2.54. The molecule has 5 nitrogen and oxygen atoms in total. The molecule has 0 radical (unpaired) electrons. The lowest BCUT2D eigenvalue weighted by Gasteiger charge is -2.13. The van der Waals surface area contributed by atoms with Gasteiger partial charge in [-0.2, -0.15) is 0 Å². The number of rotatable bonds is 4. The first-order valence-corrected chi connectivity index (χ1v) is 7.67. The Morgan fingerprint density at radius 3 is 2.32 bits per heavy atom. The van der Waals surface area contributed by atoms with Gasteiger partial charge in [0.1, 0.15) is 17.4 Å². The monoisotopic (exact) mass is 348 g/mol. The van der Waals surface area contributed by atoms with Crippen molar-refractivity contribution in [1.29, 1.82) is 0 Å². The van der Waals surface area contributed by atoms with Crippen molar-refractivity contribution in [3.8, 4) is 5.75 Å². The predicted molar refractivity (Wildman–Crippen MR) is 87.9 cm³/mol. The fourth-order valence-corrected chi connectivity index (χ4v) is 2.55. The Morgan fingerprint density at radius 2 is 1.72 bits per heavy atom. The Balaban J connectivity index is 2.02. The lowest BCUT2D eigenvalue weighted by atomic mass is 9.98. The molecule has 3 N–H and O–H groups in total. The number of phenolic OH excluding ortho intramolecular Hbond substituents is 1. The van der Waals surface area contributed by atoms with Gasteiger partial charge in [0.2, 0.25) is 5.91 Å². The summed E-state index contributed by atoms with van der Waals surface area (Å²) in [5.74, 6) is -2.63. The fourth-order valence-electron chi connectivity index (χ4n) is 2.55. The van der Waals surface area contributed by atoms with Crippen molar-refractivity contribution in [2.75, 3.05) is 0 Å². The Kier molecular flexibility index (Phi) is 5.69. The highest BCUT2D eigenvalue weighted by molar-refractivity contribution is 5.97. The van der Waals surface area contributed by atoms with E-state index in [1.54, 1.807) is 6.92 Å². The number of carbonyl (C=O) groups is 2. The molecule has 0 bridgehead atoms. The highest BCUT2D eigenvalue weighted by atomic mass is 19.1. The molecule has 0 atom stereocenters. The van der Waals surface area contributed by atoms with Gasteiger partial charge in [-0.15, -0.1) is 0 Å². The first-order valence-electron chi connectivity index (χ1n) is 7.67. The van der Waals surface area contributed by atoms with Crippen LogP contribution in [0.15, 0.2) is 30.3 Å². The normalized spacial score (nSPS) is 10.4. The Bertz CT molecular complexity index is 802. The Morgan fingerprint density at radius 1 is 1.08 bits per heavy atom. The standard InChI is InChI=1S/C18H18F2N2O3/c1-3-14-10(2)16(23)5-4-15(14)18(25)22-21-17(24)8-11-6-12(19)9-13(20)7-11/h4-7,9,23H,3,8H2,1-2H3,(H,21,24)(H,22,25). The maximum absolute atomic E-state index is 13.1. The van der Waals surface area contributed by atoms with Gasteiger partial charge in [0.15, 0.2) is 0 Å². The lowest BCUT2D eigenvalue weighted by molar-refractivity contribution is -0.121. The van der Waals surface area contributed by atoms with Crippen molar-refractivity contribution in [3.05, 3.63) is 64.2 Å².